The van der Waals surface area contributed by atoms with Crippen molar-refractivity contribution in [3.8, 4) is 5.75 Å². The number of hydrogen-bond donors (Lipinski definition) is 2. The Hall–Kier alpha value is -2.63. The Morgan fingerprint density at radius 2 is 1.67 bits per heavy atom. The second-order valence-electron chi connectivity index (χ2n) is 6.76. The molecule has 0 aliphatic heterocycles. The van der Waals surface area contributed by atoms with Gasteiger partial charge in [0.15, 0.2) is 0 Å². The van der Waals surface area contributed by atoms with E-state index in [0.29, 0.717) is 32.3 Å². The molecule has 2 atom stereocenters. The predicted octanol–water partition coefficient (Wildman–Crippen LogP) is 4.31. The topological polar surface area (TPSA) is 76.0 Å². The molecule has 0 fully saturated rings. The molecule has 0 heterocycles. The van der Waals surface area contributed by atoms with Gasteiger partial charge in [-0.2, -0.15) is 0 Å². The van der Waals surface area contributed by atoms with Crippen molar-refractivity contribution in [1.29, 1.82) is 0 Å². The first-order valence-corrected chi connectivity index (χ1v) is 10.4. The van der Waals surface area contributed by atoms with Crippen molar-refractivity contribution in [1.82, 2.24) is 0 Å². The summed E-state index contributed by atoms with van der Waals surface area (Å²) in [5, 5.41) is 19.7. The van der Waals surface area contributed by atoms with Crippen molar-refractivity contribution in [2.45, 2.75) is 51.2 Å². The highest BCUT2D eigenvalue weighted by molar-refractivity contribution is 5.69. The molecule has 1 aromatic carbocycles. The highest BCUT2D eigenvalue weighted by Gasteiger charge is 2.03. The van der Waals surface area contributed by atoms with Crippen LogP contribution in [0.15, 0.2) is 72.9 Å². The number of aryl methyl sites for hydroxylation is 1. The van der Waals surface area contributed by atoms with Gasteiger partial charge in [-0.3, -0.25) is 4.79 Å². The maximum atomic E-state index is 11.2. The summed E-state index contributed by atoms with van der Waals surface area (Å²) in [5.74, 6) is 0.506. The normalized spacial score (nSPS) is 14.1. The Balaban J connectivity index is 2.23. The van der Waals surface area contributed by atoms with E-state index in [4.69, 9.17) is 4.74 Å². The summed E-state index contributed by atoms with van der Waals surface area (Å²) in [6.07, 6.45) is 16.6. The first kappa shape index (κ1) is 25.4. The summed E-state index contributed by atoms with van der Waals surface area (Å²) < 4.78 is 10.3. The Morgan fingerprint density at radius 1 is 1.00 bits per heavy atom. The predicted molar refractivity (Wildman–Crippen MR) is 120 cm³/mol. The molecular weight excluding hydrogens is 380 g/mol. The van der Waals surface area contributed by atoms with Gasteiger partial charge in [0, 0.05) is 12.8 Å². The van der Waals surface area contributed by atoms with Crippen LogP contribution < -0.4 is 4.74 Å². The van der Waals surface area contributed by atoms with Crippen LogP contribution in [-0.4, -0.2) is 42.1 Å². The molecule has 0 saturated carbocycles. The summed E-state index contributed by atoms with van der Waals surface area (Å²) in [5.41, 5.74) is 1.04. The quantitative estimate of drug-likeness (QED) is 0.270. The molecule has 0 aliphatic carbocycles. The first-order valence-electron chi connectivity index (χ1n) is 10.4. The monoisotopic (exact) mass is 414 g/mol. The van der Waals surface area contributed by atoms with Crippen LogP contribution in [0.2, 0.25) is 0 Å². The molecule has 0 bridgehead atoms. The van der Waals surface area contributed by atoms with Crippen LogP contribution in [0.1, 0.15) is 38.2 Å². The molecule has 0 aliphatic rings. The highest BCUT2D eigenvalue weighted by Crippen LogP contribution is 2.14. The van der Waals surface area contributed by atoms with Gasteiger partial charge in [0.25, 0.3) is 0 Å². The molecule has 2 N–H and O–H groups in total. The van der Waals surface area contributed by atoms with Gasteiger partial charge in [0.1, 0.15) is 5.75 Å². The molecule has 5 nitrogen and oxygen atoms in total. The van der Waals surface area contributed by atoms with E-state index >= 15 is 0 Å². The number of carbonyl (C=O) groups is 1. The van der Waals surface area contributed by atoms with Crippen LogP contribution in [0, 0.1) is 0 Å². The number of aliphatic hydroxyl groups excluding tert-OH is 2. The Labute approximate surface area is 180 Å². The van der Waals surface area contributed by atoms with Crippen molar-refractivity contribution >= 4 is 5.97 Å². The van der Waals surface area contributed by atoms with Crippen molar-refractivity contribution in [3.63, 3.8) is 0 Å². The van der Waals surface area contributed by atoms with Gasteiger partial charge in [0.05, 0.1) is 25.9 Å². The molecular formula is C25H34O5. The zero-order chi connectivity index (χ0) is 22.0. The van der Waals surface area contributed by atoms with E-state index in [1.807, 2.05) is 48.6 Å². The number of hydrogen-bond acceptors (Lipinski definition) is 5. The number of aliphatic hydroxyl groups is 2. The summed E-state index contributed by atoms with van der Waals surface area (Å²) in [4.78, 5) is 11.2. The molecule has 0 aromatic heterocycles. The van der Waals surface area contributed by atoms with Crippen molar-refractivity contribution in [2.24, 2.45) is 0 Å². The minimum atomic E-state index is -0.595. The molecule has 164 valence electrons. The van der Waals surface area contributed by atoms with Crippen molar-refractivity contribution < 1.29 is 24.5 Å². The fraction of sp³-hybridized carbons (Fsp3) is 0.400. The summed E-state index contributed by atoms with van der Waals surface area (Å²) in [7, 11) is 1.38. The number of allylic oxidation sites excluding steroid dienone is 5. The summed E-state index contributed by atoms with van der Waals surface area (Å²) >= 11 is 0. The van der Waals surface area contributed by atoms with Gasteiger partial charge < -0.3 is 19.7 Å². The van der Waals surface area contributed by atoms with Gasteiger partial charge in [-0.25, -0.2) is 0 Å². The Bertz CT molecular complexity index is 701. The molecule has 0 amide bonds. The standard InChI is InChI=1S/C25H34O5/c1-3-4-7-10-22(26)11-8-5-6-9-12-23(27)19-20-30-24-16-13-21(14-17-24)15-18-25(28)29-2/h4-9,11-14,16-17,22-23,26-27H,3,10,15,18-20H2,1-2H3/b6-5-,7-4-,11-8+,12-9+/t22-,23+/m0/s1. The Morgan fingerprint density at radius 3 is 2.30 bits per heavy atom. The third-order valence-corrected chi connectivity index (χ3v) is 4.23. The third kappa shape index (κ3) is 12.8. The van der Waals surface area contributed by atoms with Gasteiger partial charge >= 0.3 is 5.97 Å². The summed E-state index contributed by atoms with van der Waals surface area (Å²) in [6.45, 7) is 2.45. The van der Waals surface area contributed by atoms with E-state index in [1.165, 1.54) is 7.11 Å². The average Bonchev–Trinajstić information content (AvgIpc) is 2.75. The van der Waals surface area contributed by atoms with Gasteiger partial charge in [-0.05, 0) is 37.0 Å². The van der Waals surface area contributed by atoms with Gasteiger partial charge in [-0.1, -0.05) is 67.7 Å². The summed E-state index contributed by atoms with van der Waals surface area (Å²) in [6, 6.07) is 7.56. The van der Waals surface area contributed by atoms with E-state index in [9.17, 15) is 15.0 Å². The number of benzene rings is 1. The smallest absolute Gasteiger partial charge is 0.305 e. The van der Waals surface area contributed by atoms with Crippen LogP contribution in [-0.2, 0) is 16.0 Å². The van der Waals surface area contributed by atoms with E-state index in [0.717, 1.165) is 17.7 Å². The molecule has 5 heteroatoms. The Kier molecular flexibility index (Phi) is 13.7. The lowest BCUT2D eigenvalue weighted by Crippen LogP contribution is -2.09. The number of methoxy groups -OCH3 is 1. The van der Waals surface area contributed by atoms with Gasteiger partial charge in [-0.15, -0.1) is 0 Å². The van der Waals surface area contributed by atoms with Crippen molar-refractivity contribution in [3.05, 3.63) is 78.4 Å². The van der Waals surface area contributed by atoms with Crippen LogP contribution in [0.4, 0.5) is 0 Å². The lowest BCUT2D eigenvalue weighted by atomic mass is 10.1. The maximum Gasteiger partial charge on any atom is 0.305 e. The largest absolute Gasteiger partial charge is 0.493 e. The minimum absolute atomic E-state index is 0.222. The van der Waals surface area contributed by atoms with Gasteiger partial charge in [0.2, 0.25) is 0 Å². The van der Waals surface area contributed by atoms with Crippen LogP contribution in [0.3, 0.4) is 0 Å². The zero-order valence-electron chi connectivity index (χ0n) is 17.9. The fourth-order valence-corrected chi connectivity index (χ4v) is 2.49. The molecule has 0 radical (unpaired) electrons. The molecule has 0 spiro atoms. The van der Waals surface area contributed by atoms with E-state index in [2.05, 4.69) is 11.7 Å². The average molecular weight is 415 g/mol. The number of esters is 1. The molecule has 1 rings (SSSR count). The molecule has 0 saturated heterocycles. The maximum absolute atomic E-state index is 11.2. The highest BCUT2D eigenvalue weighted by atomic mass is 16.5. The fourth-order valence-electron chi connectivity index (χ4n) is 2.49. The lowest BCUT2D eigenvalue weighted by molar-refractivity contribution is -0.140. The van der Waals surface area contributed by atoms with Crippen LogP contribution >= 0.6 is 0 Å². The molecule has 1 aromatic rings. The van der Waals surface area contributed by atoms with Crippen molar-refractivity contribution in [2.75, 3.05) is 13.7 Å². The van der Waals surface area contributed by atoms with Crippen LogP contribution in [0.5, 0.6) is 5.75 Å². The molecule has 0 unspecified atom stereocenters. The van der Waals surface area contributed by atoms with Crippen LogP contribution in [0.25, 0.3) is 0 Å². The van der Waals surface area contributed by atoms with E-state index in [1.54, 1.807) is 24.3 Å². The SMILES string of the molecule is CC/C=C\C[C@H](O)/C=C/C=C\C=C\[C@@H](O)CCOc1ccc(CCC(=O)OC)cc1. The number of ether oxygens (including phenoxy) is 2. The van der Waals surface area contributed by atoms with E-state index < -0.39 is 12.2 Å². The second kappa shape index (κ2) is 16.2. The second-order valence-corrected chi connectivity index (χ2v) is 6.76. The number of rotatable bonds is 14. The molecule has 30 heavy (non-hydrogen) atoms. The zero-order valence-corrected chi connectivity index (χ0v) is 17.9. The first-order chi connectivity index (χ1) is 14.5. The third-order valence-electron chi connectivity index (χ3n) is 4.23. The minimum Gasteiger partial charge on any atom is -0.493 e. The number of carbonyl (C=O) groups excluding carboxylic acids is 1. The lowest BCUT2D eigenvalue weighted by Gasteiger charge is -2.09. The van der Waals surface area contributed by atoms with E-state index in [-0.39, 0.29) is 5.97 Å².